The summed E-state index contributed by atoms with van der Waals surface area (Å²) < 4.78 is 5.41. The van der Waals surface area contributed by atoms with Crippen LogP contribution in [-0.2, 0) is 4.79 Å². The van der Waals surface area contributed by atoms with Crippen molar-refractivity contribution in [2.75, 3.05) is 30.3 Å². The van der Waals surface area contributed by atoms with E-state index in [-0.39, 0.29) is 11.8 Å². The monoisotopic (exact) mass is 409 g/mol. The van der Waals surface area contributed by atoms with Gasteiger partial charge in [-0.05, 0) is 81.3 Å². The van der Waals surface area contributed by atoms with Crippen LogP contribution in [0.15, 0.2) is 48.5 Å². The summed E-state index contributed by atoms with van der Waals surface area (Å²) in [5, 5.41) is 5.81. The Kier molecular flexibility index (Phi) is 7.85. The second-order valence-electron chi connectivity index (χ2n) is 7.57. The van der Waals surface area contributed by atoms with E-state index in [4.69, 9.17) is 4.74 Å². The molecule has 2 N–H and O–H groups in total. The lowest BCUT2D eigenvalue weighted by Crippen LogP contribution is -2.43. The molecule has 1 heterocycles. The molecule has 0 bridgehead atoms. The molecule has 0 aromatic heterocycles. The van der Waals surface area contributed by atoms with Gasteiger partial charge in [-0.1, -0.05) is 13.3 Å². The van der Waals surface area contributed by atoms with Gasteiger partial charge in [0, 0.05) is 23.0 Å². The molecule has 1 saturated heterocycles. The fourth-order valence-electron chi connectivity index (χ4n) is 3.82. The van der Waals surface area contributed by atoms with E-state index in [0.29, 0.717) is 36.1 Å². The molecule has 2 aromatic rings. The first-order valence-electron chi connectivity index (χ1n) is 10.8. The van der Waals surface area contributed by atoms with E-state index in [2.05, 4.69) is 22.5 Å². The van der Waals surface area contributed by atoms with Gasteiger partial charge in [-0.2, -0.15) is 0 Å². The van der Waals surface area contributed by atoms with Crippen LogP contribution in [-0.4, -0.2) is 42.5 Å². The van der Waals surface area contributed by atoms with E-state index < -0.39 is 0 Å². The maximum atomic E-state index is 12.5. The molecule has 30 heavy (non-hydrogen) atoms. The lowest BCUT2D eigenvalue weighted by atomic mass is 10.00. The van der Waals surface area contributed by atoms with Crippen molar-refractivity contribution in [3.05, 3.63) is 54.1 Å². The van der Waals surface area contributed by atoms with Crippen molar-refractivity contribution in [2.45, 2.75) is 45.6 Å². The number of likely N-dealkylation sites (tertiary alicyclic amines) is 1. The molecule has 1 atom stereocenters. The number of benzene rings is 2. The summed E-state index contributed by atoms with van der Waals surface area (Å²) in [5.74, 6) is 0.559. The smallest absolute Gasteiger partial charge is 0.255 e. The standard InChI is InChI=1S/C24H31N3O3/c1-3-21-7-5-6-16-27(21)17-23(28)25-19-10-8-18(9-11-19)24(29)26-20-12-14-22(15-13-20)30-4-2/h8-15,21H,3-7,16-17H2,1-2H3,(H,25,28)(H,26,29). The third kappa shape index (κ3) is 6.07. The molecule has 0 saturated carbocycles. The molecule has 2 aromatic carbocycles. The van der Waals surface area contributed by atoms with Gasteiger partial charge in [0.2, 0.25) is 5.91 Å². The third-order valence-electron chi connectivity index (χ3n) is 5.42. The molecule has 1 fully saturated rings. The van der Waals surface area contributed by atoms with Crippen LogP contribution in [0, 0.1) is 0 Å². The molecule has 2 amide bonds. The minimum atomic E-state index is -0.198. The lowest BCUT2D eigenvalue weighted by Gasteiger charge is -2.34. The number of hydrogen-bond donors (Lipinski definition) is 2. The quantitative estimate of drug-likeness (QED) is 0.671. The number of nitrogens with one attached hydrogen (secondary N) is 2. The minimum Gasteiger partial charge on any atom is -0.494 e. The SMILES string of the molecule is CCOc1ccc(NC(=O)c2ccc(NC(=O)CN3CCCCC3CC)cc2)cc1. The number of carbonyl (C=O) groups is 2. The van der Waals surface area contributed by atoms with E-state index in [1.165, 1.54) is 12.8 Å². The summed E-state index contributed by atoms with van der Waals surface area (Å²) in [6, 6.07) is 14.7. The number of carbonyl (C=O) groups excluding carboxylic acids is 2. The average molecular weight is 410 g/mol. The van der Waals surface area contributed by atoms with Gasteiger partial charge in [-0.25, -0.2) is 0 Å². The topological polar surface area (TPSA) is 70.7 Å². The fourth-order valence-corrected chi connectivity index (χ4v) is 3.82. The Hall–Kier alpha value is -2.86. The maximum absolute atomic E-state index is 12.5. The van der Waals surface area contributed by atoms with E-state index >= 15 is 0 Å². The average Bonchev–Trinajstić information content (AvgIpc) is 2.76. The highest BCUT2D eigenvalue weighted by Gasteiger charge is 2.22. The summed E-state index contributed by atoms with van der Waals surface area (Å²) in [4.78, 5) is 27.2. The van der Waals surface area contributed by atoms with Crippen molar-refractivity contribution in [3.63, 3.8) is 0 Å². The van der Waals surface area contributed by atoms with Crippen LogP contribution < -0.4 is 15.4 Å². The minimum absolute atomic E-state index is 0.0121. The number of amides is 2. The van der Waals surface area contributed by atoms with Crippen LogP contribution >= 0.6 is 0 Å². The second-order valence-corrected chi connectivity index (χ2v) is 7.57. The van der Waals surface area contributed by atoms with Gasteiger partial charge in [0.25, 0.3) is 5.91 Å². The van der Waals surface area contributed by atoms with Gasteiger partial charge in [-0.15, -0.1) is 0 Å². The Morgan fingerprint density at radius 2 is 1.63 bits per heavy atom. The van der Waals surface area contributed by atoms with Gasteiger partial charge in [0.05, 0.1) is 13.2 Å². The zero-order valence-electron chi connectivity index (χ0n) is 17.8. The molecule has 0 radical (unpaired) electrons. The highest BCUT2D eigenvalue weighted by Crippen LogP contribution is 2.20. The third-order valence-corrected chi connectivity index (χ3v) is 5.42. The first kappa shape index (κ1) is 21.8. The Morgan fingerprint density at radius 3 is 2.30 bits per heavy atom. The number of piperidine rings is 1. The van der Waals surface area contributed by atoms with Gasteiger partial charge >= 0.3 is 0 Å². The fraction of sp³-hybridized carbons (Fsp3) is 0.417. The number of ether oxygens (including phenoxy) is 1. The molecule has 160 valence electrons. The van der Waals surface area contributed by atoms with Crippen LogP contribution in [0.5, 0.6) is 5.75 Å². The van der Waals surface area contributed by atoms with Crippen LogP contribution in [0.25, 0.3) is 0 Å². The molecule has 1 aliphatic heterocycles. The number of rotatable bonds is 8. The second kappa shape index (κ2) is 10.8. The first-order chi connectivity index (χ1) is 14.6. The molecule has 0 aliphatic carbocycles. The van der Waals surface area contributed by atoms with Crippen molar-refractivity contribution in [1.29, 1.82) is 0 Å². The Labute approximate surface area is 178 Å². The summed E-state index contributed by atoms with van der Waals surface area (Å²) in [5.41, 5.74) is 1.93. The molecule has 6 nitrogen and oxygen atoms in total. The van der Waals surface area contributed by atoms with E-state index in [0.717, 1.165) is 25.1 Å². The molecule has 3 rings (SSSR count). The molecular weight excluding hydrogens is 378 g/mol. The normalized spacial score (nSPS) is 16.7. The summed E-state index contributed by atoms with van der Waals surface area (Å²) in [6.45, 7) is 6.11. The molecule has 1 unspecified atom stereocenters. The maximum Gasteiger partial charge on any atom is 0.255 e. The van der Waals surface area contributed by atoms with Crippen molar-refractivity contribution >= 4 is 23.2 Å². The van der Waals surface area contributed by atoms with Crippen molar-refractivity contribution < 1.29 is 14.3 Å². The zero-order valence-corrected chi connectivity index (χ0v) is 17.8. The molecular formula is C24H31N3O3. The van der Waals surface area contributed by atoms with Gasteiger partial charge in [0.15, 0.2) is 0 Å². The Balaban J connectivity index is 1.52. The van der Waals surface area contributed by atoms with Gasteiger partial charge in [0.1, 0.15) is 5.75 Å². The molecule has 0 spiro atoms. The predicted octanol–water partition coefficient (Wildman–Crippen LogP) is 4.54. The number of anilines is 2. The van der Waals surface area contributed by atoms with Crippen LogP contribution in [0.1, 0.15) is 49.9 Å². The van der Waals surface area contributed by atoms with E-state index in [9.17, 15) is 9.59 Å². The zero-order chi connectivity index (χ0) is 21.3. The molecule has 6 heteroatoms. The van der Waals surface area contributed by atoms with E-state index in [1.807, 2.05) is 31.2 Å². The van der Waals surface area contributed by atoms with Crippen LogP contribution in [0.3, 0.4) is 0 Å². The van der Waals surface area contributed by atoms with Crippen LogP contribution in [0.2, 0.25) is 0 Å². The highest BCUT2D eigenvalue weighted by molar-refractivity contribution is 6.04. The lowest BCUT2D eigenvalue weighted by molar-refractivity contribution is -0.118. The van der Waals surface area contributed by atoms with Gasteiger partial charge < -0.3 is 15.4 Å². The summed E-state index contributed by atoms with van der Waals surface area (Å²) in [6.07, 6.45) is 4.64. The van der Waals surface area contributed by atoms with Gasteiger partial charge in [-0.3, -0.25) is 14.5 Å². The summed E-state index contributed by atoms with van der Waals surface area (Å²) in [7, 11) is 0. The number of nitrogens with zero attached hydrogens (tertiary/aromatic N) is 1. The summed E-state index contributed by atoms with van der Waals surface area (Å²) >= 11 is 0. The van der Waals surface area contributed by atoms with Crippen LogP contribution in [0.4, 0.5) is 11.4 Å². The number of hydrogen-bond acceptors (Lipinski definition) is 4. The largest absolute Gasteiger partial charge is 0.494 e. The predicted molar refractivity (Wildman–Crippen MR) is 120 cm³/mol. The highest BCUT2D eigenvalue weighted by atomic mass is 16.5. The van der Waals surface area contributed by atoms with Crippen molar-refractivity contribution in [1.82, 2.24) is 4.90 Å². The first-order valence-corrected chi connectivity index (χ1v) is 10.8. The van der Waals surface area contributed by atoms with Crippen molar-refractivity contribution in [3.8, 4) is 5.75 Å². The Morgan fingerprint density at radius 1 is 0.967 bits per heavy atom. The van der Waals surface area contributed by atoms with E-state index in [1.54, 1.807) is 24.3 Å². The molecule has 1 aliphatic rings. The Bertz CT molecular complexity index is 834. The van der Waals surface area contributed by atoms with Crippen molar-refractivity contribution in [2.24, 2.45) is 0 Å².